The van der Waals surface area contributed by atoms with Crippen molar-refractivity contribution >= 4 is 60.4 Å². The number of fused-ring (bicyclic) bond motifs is 6. The molecule has 0 fully saturated rings. The Morgan fingerprint density at radius 1 is 0.293 bits per heavy atom. The number of para-hydroxylation sites is 2. The number of anilines is 3. The lowest BCUT2D eigenvalue weighted by Crippen LogP contribution is -2.10. The van der Waals surface area contributed by atoms with Gasteiger partial charge < -0.3 is 9.47 Å². The Morgan fingerprint density at radius 2 is 0.862 bits per heavy atom. The molecule has 2 heteroatoms. The van der Waals surface area contributed by atoms with Gasteiger partial charge in [0.05, 0.1) is 11.0 Å². The summed E-state index contributed by atoms with van der Waals surface area (Å²) < 4.78 is 2.39. The zero-order chi connectivity index (χ0) is 38.4. The van der Waals surface area contributed by atoms with E-state index < -0.39 is 0 Å². The van der Waals surface area contributed by atoms with Crippen LogP contribution in [0.3, 0.4) is 0 Å². The third kappa shape index (κ3) is 5.82. The van der Waals surface area contributed by atoms with E-state index in [0.29, 0.717) is 0 Å². The van der Waals surface area contributed by atoms with Gasteiger partial charge in [0.15, 0.2) is 0 Å². The summed E-state index contributed by atoms with van der Waals surface area (Å²) in [6.07, 6.45) is 0. The molecule has 0 unspecified atom stereocenters. The molecular formula is C56H38N2. The molecular weight excluding hydrogens is 701 g/mol. The molecule has 0 aliphatic heterocycles. The molecule has 0 saturated heterocycles. The monoisotopic (exact) mass is 738 g/mol. The summed E-state index contributed by atoms with van der Waals surface area (Å²) >= 11 is 0. The van der Waals surface area contributed by atoms with Crippen molar-refractivity contribution in [2.45, 2.75) is 0 Å². The van der Waals surface area contributed by atoms with Gasteiger partial charge in [0.1, 0.15) is 0 Å². The van der Waals surface area contributed by atoms with Crippen LogP contribution in [-0.2, 0) is 0 Å². The van der Waals surface area contributed by atoms with Gasteiger partial charge in [-0.2, -0.15) is 0 Å². The van der Waals surface area contributed by atoms with E-state index in [2.05, 4.69) is 240 Å². The molecule has 0 atom stereocenters. The molecule has 11 rings (SSSR count). The SMILES string of the molecule is c1ccc(-c2ccc(N(c3cccc(-c4cccc(-c5cccc6c5c5ccccc5n6-c5ccccc5)c4)c3)c3ccc4c(ccc5ccccc54)c3)cc2)cc1. The van der Waals surface area contributed by atoms with Gasteiger partial charge in [0.25, 0.3) is 0 Å². The van der Waals surface area contributed by atoms with E-state index in [-0.39, 0.29) is 0 Å². The Hall–Kier alpha value is -7.68. The van der Waals surface area contributed by atoms with Crippen LogP contribution in [0.4, 0.5) is 17.1 Å². The average molecular weight is 739 g/mol. The molecule has 1 heterocycles. The minimum absolute atomic E-state index is 1.10. The van der Waals surface area contributed by atoms with E-state index in [9.17, 15) is 0 Å². The molecule has 0 radical (unpaired) electrons. The predicted octanol–water partition coefficient (Wildman–Crippen LogP) is 15.6. The van der Waals surface area contributed by atoms with Gasteiger partial charge in [0.2, 0.25) is 0 Å². The zero-order valence-electron chi connectivity index (χ0n) is 31.8. The van der Waals surface area contributed by atoms with Crippen LogP contribution >= 0.6 is 0 Å². The fourth-order valence-corrected chi connectivity index (χ4v) is 8.83. The second-order valence-electron chi connectivity index (χ2n) is 15.0. The summed E-state index contributed by atoms with van der Waals surface area (Å²) in [6, 6.07) is 83.7. The normalized spacial score (nSPS) is 11.4. The van der Waals surface area contributed by atoms with Crippen LogP contribution in [-0.4, -0.2) is 4.57 Å². The molecule has 10 aromatic carbocycles. The van der Waals surface area contributed by atoms with Gasteiger partial charge in [-0.05, 0) is 122 Å². The van der Waals surface area contributed by atoms with Crippen LogP contribution < -0.4 is 4.90 Å². The van der Waals surface area contributed by atoms with E-state index >= 15 is 0 Å². The molecule has 272 valence electrons. The fraction of sp³-hybridized carbons (Fsp3) is 0. The number of hydrogen-bond donors (Lipinski definition) is 0. The highest BCUT2D eigenvalue weighted by molar-refractivity contribution is 6.16. The van der Waals surface area contributed by atoms with Crippen LogP contribution in [0.2, 0.25) is 0 Å². The molecule has 0 N–H and O–H groups in total. The fourth-order valence-electron chi connectivity index (χ4n) is 8.83. The molecule has 0 amide bonds. The van der Waals surface area contributed by atoms with E-state index in [1.807, 2.05) is 0 Å². The van der Waals surface area contributed by atoms with Crippen molar-refractivity contribution in [1.29, 1.82) is 0 Å². The van der Waals surface area contributed by atoms with Crippen molar-refractivity contribution < 1.29 is 0 Å². The van der Waals surface area contributed by atoms with E-state index in [4.69, 9.17) is 0 Å². The number of hydrogen-bond acceptors (Lipinski definition) is 1. The summed E-state index contributed by atoms with van der Waals surface area (Å²) in [5, 5.41) is 7.52. The first-order valence-electron chi connectivity index (χ1n) is 19.9. The van der Waals surface area contributed by atoms with Crippen molar-refractivity contribution in [2.24, 2.45) is 0 Å². The molecule has 0 bridgehead atoms. The quantitative estimate of drug-likeness (QED) is 0.148. The minimum atomic E-state index is 1.10. The molecule has 1 aromatic heterocycles. The lowest BCUT2D eigenvalue weighted by molar-refractivity contribution is 1.18. The number of benzene rings is 10. The number of aromatic nitrogens is 1. The molecule has 58 heavy (non-hydrogen) atoms. The summed E-state index contributed by atoms with van der Waals surface area (Å²) in [7, 11) is 0. The van der Waals surface area contributed by atoms with Gasteiger partial charge >= 0.3 is 0 Å². The van der Waals surface area contributed by atoms with Gasteiger partial charge in [-0.15, -0.1) is 0 Å². The Labute approximate surface area is 338 Å². The number of rotatable bonds is 7. The summed E-state index contributed by atoms with van der Waals surface area (Å²) in [6.45, 7) is 0. The molecule has 0 aliphatic carbocycles. The maximum absolute atomic E-state index is 2.39. The van der Waals surface area contributed by atoms with Crippen molar-refractivity contribution in [3.8, 4) is 39.1 Å². The van der Waals surface area contributed by atoms with Crippen molar-refractivity contribution in [3.05, 3.63) is 231 Å². The second-order valence-corrected chi connectivity index (χ2v) is 15.0. The highest BCUT2D eigenvalue weighted by Crippen LogP contribution is 2.42. The van der Waals surface area contributed by atoms with Crippen LogP contribution in [0, 0.1) is 0 Å². The second kappa shape index (κ2) is 14.1. The minimum Gasteiger partial charge on any atom is -0.310 e. The first kappa shape index (κ1) is 33.6. The summed E-state index contributed by atoms with van der Waals surface area (Å²) in [4.78, 5) is 2.38. The highest BCUT2D eigenvalue weighted by Gasteiger charge is 2.18. The first-order chi connectivity index (χ1) is 28.8. The van der Waals surface area contributed by atoms with Crippen molar-refractivity contribution in [2.75, 3.05) is 4.90 Å². The molecule has 0 saturated carbocycles. The molecule has 11 aromatic rings. The largest absolute Gasteiger partial charge is 0.310 e. The summed E-state index contributed by atoms with van der Waals surface area (Å²) in [5.74, 6) is 0. The Bertz CT molecular complexity index is 3270. The van der Waals surface area contributed by atoms with Crippen molar-refractivity contribution in [1.82, 2.24) is 4.57 Å². The standard InChI is InChI=1S/C56H38N2/c1-3-14-39(15-4-1)40-30-32-47(33-31-40)57(49-34-35-51-45(38-49)29-28-41-16-7-8-23-50(41)51)48-22-12-18-43(37-48)42-17-11-19-44(36-42)52-25-13-27-55-56(52)53-24-9-10-26-54(53)58(55)46-20-5-2-6-21-46/h1-38H. The zero-order valence-corrected chi connectivity index (χ0v) is 31.8. The van der Waals surface area contributed by atoms with Crippen LogP contribution in [0.1, 0.15) is 0 Å². The summed E-state index contributed by atoms with van der Waals surface area (Å²) in [5.41, 5.74) is 14.1. The predicted molar refractivity (Wildman–Crippen MR) is 247 cm³/mol. The third-order valence-electron chi connectivity index (χ3n) is 11.5. The maximum Gasteiger partial charge on any atom is 0.0547 e. The Balaban J connectivity index is 1.03. The van der Waals surface area contributed by atoms with E-state index in [1.165, 1.54) is 71.2 Å². The molecule has 0 spiro atoms. The number of nitrogens with zero attached hydrogens (tertiary/aromatic N) is 2. The van der Waals surface area contributed by atoms with Crippen LogP contribution in [0.25, 0.3) is 82.4 Å². The van der Waals surface area contributed by atoms with Crippen LogP contribution in [0.15, 0.2) is 231 Å². The maximum atomic E-state index is 2.39. The van der Waals surface area contributed by atoms with Gasteiger partial charge in [-0.25, -0.2) is 0 Å². The van der Waals surface area contributed by atoms with E-state index in [0.717, 1.165) is 28.3 Å². The lowest BCUT2D eigenvalue weighted by Gasteiger charge is -2.27. The smallest absolute Gasteiger partial charge is 0.0547 e. The highest BCUT2D eigenvalue weighted by atomic mass is 15.1. The third-order valence-corrected chi connectivity index (χ3v) is 11.5. The van der Waals surface area contributed by atoms with Crippen molar-refractivity contribution in [3.63, 3.8) is 0 Å². The lowest BCUT2D eigenvalue weighted by atomic mass is 9.95. The van der Waals surface area contributed by atoms with Gasteiger partial charge in [-0.3, -0.25) is 0 Å². The molecule has 0 aliphatic rings. The molecule has 2 nitrogen and oxygen atoms in total. The van der Waals surface area contributed by atoms with Gasteiger partial charge in [-0.1, -0.05) is 164 Å². The Morgan fingerprint density at radius 3 is 1.71 bits per heavy atom. The average Bonchev–Trinajstić information content (AvgIpc) is 3.65. The first-order valence-corrected chi connectivity index (χ1v) is 19.9. The topological polar surface area (TPSA) is 8.17 Å². The van der Waals surface area contributed by atoms with E-state index in [1.54, 1.807) is 0 Å². The van der Waals surface area contributed by atoms with Gasteiger partial charge in [0, 0.05) is 33.5 Å². The van der Waals surface area contributed by atoms with Crippen LogP contribution in [0.5, 0.6) is 0 Å². The Kier molecular flexibility index (Phi) is 8.19.